The lowest BCUT2D eigenvalue weighted by atomic mass is 10.2. The molecule has 0 atom stereocenters. The Kier molecular flexibility index (Phi) is 4.89. The van der Waals surface area contributed by atoms with E-state index >= 15 is 0 Å². The number of nitrogens with one attached hydrogen (secondary N) is 1. The maximum Gasteiger partial charge on any atom is 0.208 e. The first-order valence-corrected chi connectivity index (χ1v) is 7.12. The van der Waals surface area contributed by atoms with Gasteiger partial charge in [-0.2, -0.15) is 0 Å². The Hall–Kier alpha value is -1.14. The van der Waals surface area contributed by atoms with Gasteiger partial charge in [0.1, 0.15) is 0 Å². The molecule has 0 aliphatic carbocycles. The number of hydrogen-bond acceptors (Lipinski definition) is 3. The van der Waals surface area contributed by atoms with Crippen LogP contribution in [0.25, 0.3) is 0 Å². The first kappa shape index (κ1) is 13.9. The van der Waals surface area contributed by atoms with Crippen molar-refractivity contribution in [1.82, 2.24) is 4.72 Å². The summed E-state index contributed by atoms with van der Waals surface area (Å²) in [6, 6.07) is 4.92. The minimum Gasteiger partial charge on any atom is -0.490 e. The summed E-state index contributed by atoms with van der Waals surface area (Å²) in [7, 11) is -3.16. The fourth-order valence-electron chi connectivity index (χ4n) is 1.24. The van der Waals surface area contributed by atoms with Gasteiger partial charge in [-0.25, -0.2) is 17.5 Å². The van der Waals surface area contributed by atoms with Crippen LogP contribution in [-0.2, 0) is 10.0 Å². The molecule has 0 aliphatic rings. The molecule has 6 heteroatoms. The van der Waals surface area contributed by atoms with Gasteiger partial charge in [0.15, 0.2) is 11.6 Å². The molecule has 17 heavy (non-hydrogen) atoms. The number of aryl methyl sites for hydroxylation is 1. The van der Waals surface area contributed by atoms with Crippen LogP contribution in [0.2, 0.25) is 0 Å². The molecule has 1 N–H and O–H groups in total. The van der Waals surface area contributed by atoms with Crippen molar-refractivity contribution in [1.29, 1.82) is 0 Å². The molecule has 0 aliphatic heterocycles. The Morgan fingerprint density at radius 2 is 2.12 bits per heavy atom. The summed E-state index contributed by atoms with van der Waals surface area (Å²) in [5, 5.41) is 0. The van der Waals surface area contributed by atoms with Gasteiger partial charge in [0.05, 0.1) is 12.9 Å². The van der Waals surface area contributed by atoms with Crippen LogP contribution in [0, 0.1) is 12.7 Å². The van der Waals surface area contributed by atoms with Crippen molar-refractivity contribution in [3.63, 3.8) is 0 Å². The van der Waals surface area contributed by atoms with Crippen molar-refractivity contribution >= 4 is 10.0 Å². The van der Waals surface area contributed by atoms with E-state index in [4.69, 9.17) is 4.74 Å². The SMILES string of the molecule is Cc1cccc(OCCCNS(C)(=O)=O)c1F. The summed E-state index contributed by atoms with van der Waals surface area (Å²) in [6.45, 7) is 2.21. The Balaban J connectivity index is 2.34. The summed E-state index contributed by atoms with van der Waals surface area (Å²) in [5.41, 5.74) is 0.525. The third kappa shape index (κ3) is 5.14. The minimum absolute atomic E-state index is 0.198. The first-order chi connectivity index (χ1) is 7.90. The molecule has 0 radical (unpaired) electrons. The van der Waals surface area contributed by atoms with Crippen LogP contribution in [0.15, 0.2) is 18.2 Å². The molecule has 96 valence electrons. The summed E-state index contributed by atoms with van der Waals surface area (Å²) >= 11 is 0. The highest BCUT2D eigenvalue weighted by atomic mass is 32.2. The molecule has 0 amide bonds. The average Bonchev–Trinajstić information content (AvgIpc) is 2.22. The zero-order valence-corrected chi connectivity index (χ0v) is 10.7. The van der Waals surface area contributed by atoms with Crippen LogP contribution in [0.3, 0.4) is 0 Å². The van der Waals surface area contributed by atoms with Gasteiger partial charge >= 0.3 is 0 Å². The monoisotopic (exact) mass is 261 g/mol. The lowest BCUT2D eigenvalue weighted by molar-refractivity contribution is 0.295. The molecule has 0 bridgehead atoms. The van der Waals surface area contributed by atoms with Gasteiger partial charge in [-0.15, -0.1) is 0 Å². The summed E-state index contributed by atoms with van der Waals surface area (Å²) in [5.74, 6) is -0.173. The van der Waals surface area contributed by atoms with Crippen LogP contribution < -0.4 is 9.46 Å². The Morgan fingerprint density at radius 1 is 1.41 bits per heavy atom. The number of rotatable bonds is 6. The van der Waals surface area contributed by atoms with Crippen LogP contribution in [-0.4, -0.2) is 27.8 Å². The van der Waals surface area contributed by atoms with Gasteiger partial charge in [-0.1, -0.05) is 12.1 Å². The molecule has 0 saturated carbocycles. The van der Waals surface area contributed by atoms with Gasteiger partial charge in [0, 0.05) is 6.54 Å². The largest absolute Gasteiger partial charge is 0.490 e. The summed E-state index contributed by atoms with van der Waals surface area (Å²) in [6.07, 6.45) is 1.58. The van der Waals surface area contributed by atoms with Crippen molar-refractivity contribution < 1.29 is 17.5 Å². The maximum atomic E-state index is 13.5. The number of hydrogen-bond donors (Lipinski definition) is 1. The molecule has 1 rings (SSSR count). The highest BCUT2D eigenvalue weighted by Gasteiger charge is 2.05. The van der Waals surface area contributed by atoms with Crippen molar-refractivity contribution in [3.8, 4) is 5.75 Å². The van der Waals surface area contributed by atoms with E-state index in [1.54, 1.807) is 25.1 Å². The third-order valence-electron chi connectivity index (χ3n) is 2.10. The van der Waals surface area contributed by atoms with Gasteiger partial charge in [-0.3, -0.25) is 0 Å². The average molecular weight is 261 g/mol. The molecule has 0 spiro atoms. The van der Waals surface area contributed by atoms with E-state index in [2.05, 4.69) is 4.72 Å². The predicted octanol–water partition coefficient (Wildman–Crippen LogP) is 1.45. The zero-order chi connectivity index (χ0) is 12.9. The number of sulfonamides is 1. The second-order valence-electron chi connectivity index (χ2n) is 3.76. The van der Waals surface area contributed by atoms with E-state index in [0.29, 0.717) is 12.0 Å². The minimum atomic E-state index is -3.16. The third-order valence-corrected chi connectivity index (χ3v) is 2.83. The van der Waals surface area contributed by atoms with Crippen LogP contribution >= 0.6 is 0 Å². The number of benzene rings is 1. The van der Waals surface area contributed by atoms with Crippen LogP contribution in [0.4, 0.5) is 4.39 Å². The zero-order valence-electron chi connectivity index (χ0n) is 9.86. The molecule has 0 heterocycles. The lowest BCUT2D eigenvalue weighted by Gasteiger charge is -2.08. The molecular weight excluding hydrogens is 245 g/mol. The van der Waals surface area contributed by atoms with Gasteiger partial charge < -0.3 is 4.74 Å². The molecule has 1 aromatic rings. The Bertz CT molecular complexity index is 474. The van der Waals surface area contributed by atoms with E-state index in [1.807, 2.05) is 0 Å². The normalized spacial score (nSPS) is 11.5. The van der Waals surface area contributed by atoms with E-state index in [-0.39, 0.29) is 24.7 Å². The molecule has 0 fully saturated rings. The highest BCUT2D eigenvalue weighted by molar-refractivity contribution is 7.88. The molecule has 0 saturated heterocycles. The fraction of sp³-hybridized carbons (Fsp3) is 0.455. The Labute approximate surface area is 101 Å². The van der Waals surface area contributed by atoms with Crippen molar-refractivity contribution in [2.75, 3.05) is 19.4 Å². The van der Waals surface area contributed by atoms with Crippen molar-refractivity contribution in [2.45, 2.75) is 13.3 Å². The van der Waals surface area contributed by atoms with Crippen molar-refractivity contribution in [3.05, 3.63) is 29.6 Å². The van der Waals surface area contributed by atoms with Crippen molar-refractivity contribution in [2.24, 2.45) is 0 Å². The predicted molar refractivity (Wildman–Crippen MR) is 64.1 cm³/mol. The van der Waals surface area contributed by atoms with E-state index in [1.165, 1.54) is 0 Å². The fourth-order valence-corrected chi connectivity index (χ4v) is 1.76. The van der Waals surface area contributed by atoms with Gasteiger partial charge in [0.25, 0.3) is 0 Å². The standard InChI is InChI=1S/C11H16FNO3S/c1-9-5-3-6-10(11(9)12)16-8-4-7-13-17(2,14)15/h3,5-6,13H,4,7-8H2,1-2H3. The molecule has 4 nitrogen and oxygen atoms in total. The van der Waals surface area contributed by atoms with Gasteiger partial charge in [-0.05, 0) is 25.0 Å². The molecular formula is C11H16FNO3S. The highest BCUT2D eigenvalue weighted by Crippen LogP contribution is 2.19. The molecule has 0 unspecified atom stereocenters. The smallest absolute Gasteiger partial charge is 0.208 e. The van der Waals surface area contributed by atoms with E-state index in [9.17, 15) is 12.8 Å². The van der Waals surface area contributed by atoms with E-state index < -0.39 is 10.0 Å². The quantitative estimate of drug-likeness (QED) is 0.789. The van der Waals surface area contributed by atoms with Crippen LogP contribution in [0.5, 0.6) is 5.75 Å². The summed E-state index contributed by atoms with van der Waals surface area (Å²) in [4.78, 5) is 0. The van der Waals surface area contributed by atoms with Gasteiger partial charge in [0.2, 0.25) is 10.0 Å². The Morgan fingerprint density at radius 3 is 2.76 bits per heavy atom. The molecule has 0 aromatic heterocycles. The van der Waals surface area contributed by atoms with Crippen LogP contribution in [0.1, 0.15) is 12.0 Å². The van der Waals surface area contributed by atoms with E-state index in [0.717, 1.165) is 6.26 Å². The topological polar surface area (TPSA) is 55.4 Å². The lowest BCUT2D eigenvalue weighted by Crippen LogP contribution is -2.24. The second-order valence-corrected chi connectivity index (χ2v) is 5.59. The number of ether oxygens (including phenoxy) is 1. The second kappa shape index (κ2) is 5.97. The molecule has 1 aromatic carbocycles. The first-order valence-electron chi connectivity index (χ1n) is 5.23. The number of halogens is 1. The summed E-state index contributed by atoms with van der Waals surface area (Å²) < 4.78 is 42.5. The maximum absolute atomic E-state index is 13.5.